The summed E-state index contributed by atoms with van der Waals surface area (Å²) in [6.07, 6.45) is 0.864. The molecule has 0 spiro atoms. The van der Waals surface area contributed by atoms with E-state index in [2.05, 4.69) is 14.4 Å². The maximum absolute atomic E-state index is 11.4. The van der Waals surface area contributed by atoms with Crippen molar-refractivity contribution in [2.45, 2.75) is 12.8 Å². The molecule has 7 nitrogen and oxygen atoms in total. The second kappa shape index (κ2) is 6.04. The molecule has 0 aliphatic carbocycles. The molecule has 0 bridgehead atoms. The van der Waals surface area contributed by atoms with Gasteiger partial charge >= 0.3 is 5.97 Å². The van der Waals surface area contributed by atoms with Crippen molar-refractivity contribution in [3.8, 4) is 0 Å². The van der Waals surface area contributed by atoms with E-state index < -0.39 is 5.97 Å². The Morgan fingerprint density at radius 2 is 2.24 bits per heavy atom. The van der Waals surface area contributed by atoms with Crippen LogP contribution in [0.3, 0.4) is 0 Å². The average molecular weight is 258 g/mol. The van der Waals surface area contributed by atoms with Crippen LogP contribution in [0.1, 0.15) is 23.2 Å². The Bertz CT molecular complexity index is 418. The lowest BCUT2D eigenvalue weighted by Gasteiger charge is -2.04. The number of anilines is 2. The van der Waals surface area contributed by atoms with E-state index in [0.29, 0.717) is 18.0 Å². The normalized spacial score (nSPS) is 9.94. The van der Waals surface area contributed by atoms with Crippen LogP contribution in [0.15, 0.2) is 0 Å². The molecular formula is C9H14N4O3S. The summed E-state index contributed by atoms with van der Waals surface area (Å²) in [5, 5.41) is 3.51. The fourth-order valence-corrected chi connectivity index (χ4v) is 1.91. The second-order valence-electron chi connectivity index (χ2n) is 3.26. The minimum atomic E-state index is -0.534. The first-order valence-electron chi connectivity index (χ1n) is 4.92. The SMILES string of the molecule is COC(=O)c1c(N)nsc1NCCCC(N)=O. The van der Waals surface area contributed by atoms with E-state index in [-0.39, 0.29) is 23.7 Å². The summed E-state index contributed by atoms with van der Waals surface area (Å²) in [6, 6.07) is 0. The number of methoxy groups -OCH3 is 1. The molecule has 1 aromatic heterocycles. The maximum atomic E-state index is 11.4. The van der Waals surface area contributed by atoms with Gasteiger partial charge in [-0.2, -0.15) is 4.37 Å². The lowest BCUT2D eigenvalue weighted by atomic mass is 10.3. The summed E-state index contributed by atoms with van der Waals surface area (Å²) < 4.78 is 8.46. The monoisotopic (exact) mass is 258 g/mol. The fourth-order valence-electron chi connectivity index (χ4n) is 1.19. The van der Waals surface area contributed by atoms with Crippen molar-refractivity contribution in [2.24, 2.45) is 5.73 Å². The van der Waals surface area contributed by atoms with Crippen LogP contribution in [0.2, 0.25) is 0 Å². The van der Waals surface area contributed by atoms with Gasteiger partial charge in [0.05, 0.1) is 7.11 Å². The van der Waals surface area contributed by atoms with Gasteiger partial charge in [0, 0.05) is 13.0 Å². The van der Waals surface area contributed by atoms with Gasteiger partial charge in [0.1, 0.15) is 10.6 Å². The number of hydrogen-bond donors (Lipinski definition) is 3. The molecule has 0 fully saturated rings. The number of amides is 1. The molecular weight excluding hydrogens is 244 g/mol. The Morgan fingerprint density at radius 1 is 1.53 bits per heavy atom. The van der Waals surface area contributed by atoms with Crippen LogP contribution in [0, 0.1) is 0 Å². The number of esters is 1. The van der Waals surface area contributed by atoms with Gasteiger partial charge in [-0.25, -0.2) is 4.79 Å². The van der Waals surface area contributed by atoms with Crippen LogP contribution in [-0.2, 0) is 9.53 Å². The van der Waals surface area contributed by atoms with Crippen molar-refractivity contribution in [3.63, 3.8) is 0 Å². The molecule has 17 heavy (non-hydrogen) atoms. The maximum Gasteiger partial charge on any atom is 0.344 e. The van der Waals surface area contributed by atoms with Crippen LogP contribution < -0.4 is 16.8 Å². The zero-order chi connectivity index (χ0) is 12.8. The van der Waals surface area contributed by atoms with Gasteiger partial charge < -0.3 is 21.5 Å². The molecule has 1 amide bonds. The van der Waals surface area contributed by atoms with E-state index in [1.165, 1.54) is 7.11 Å². The van der Waals surface area contributed by atoms with Gasteiger partial charge in [0.25, 0.3) is 0 Å². The summed E-state index contributed by atoms with van der Waals surface area (Å²) >= 11 is 1.08. The zero-order valence-corrected chi connectivity index (χ0v) is 10.2. The smallest absolute Gasteiger partial charge is 0.344 e. The first kappa shape index (κ1) is 13.2. The fraction of sp³-hybridized carbons (Fsp3) is 0.444. The highest BCUT2D eigenvalue weighted by atomic mass is 32.1. The van der Waals surface area contributed by atoms with Gasteiger partial charge in [-0.05, 0) is 18.0 Å². The number of nitrogens with one attached hydrogen (secondary N) is 1. The minimum absolute atomic E-state index is 0.138. The van der Waals surface area contributed by atoms with Gasteiger partial charge in [-0.1, -0.05) is 0 Å². The highest BCUT2D eigenvalue weighted by Crippen LogP contribution is 2.27. The van der Waals surface area contributed by atoms with Crippen molar-refractivity contribution >= 4 is 34.2 Å². The summed E-state index contributed by atoms with van der Waals surface area (Å²) in [6.45, 7) is 0.508. The highest BCUT2D eigenvalue weighted by Gasteiger charge is 2.19. The number of aromatic nitrogens is 1. The van der Waals surface area contributed by atoms with Crippen LogP contribution in [-0.4, -0.2) is 29.9 Å². The Hall–Kier alpha value is -1.83. The molecule has 8 heteroatoms. The van der Waals surface area contributed by atoms with Gasteiger partial charge in [-0.3, -0.25) is 4.79 Å². The summed E-state index contributed by atoms with van der Waals surface area (Å²) in [5.74, 6) is -0.753. The number of carbonyl (C=O) groups is 2. The number of nitrogens with two attached hydrogens (primary N) is 2. The first-order chi connectivity index (χ1) is 8.06. The predicted molar refractivity (Wildman–Crippen MR) is 64.8 cm³/mol. The molecule has 0 aromatic carbocycles. The highest BCUT2D eigenvalue weighted by molar-refractivity contribution is 7.11. The summed E-state index contributed by atoms with van der Waals surface area (Å²) in [4.78, 5) is 21.9. The number of rotatable bonds is 6. The van der Waals surface area contributed by atoms with Crippen LogP contribution in [0.4, 0.5) is 10.8 Å². The number of ether oxygens (including phenoxy) is 1. The first-order valence-corrected chi connectivity index (χ1v) is 5.69. The van der Waals surface area contributed by atoms with Crippen molar-refractivity contribution in [3.05, 3.63) is 5.56 Å². The molecule has 0 saturated heterocycles. The molecule has 94 valence electrons. The molecule has 0 unspecified atom stereocenters. The molecule has 1 aromatic rings. The van der Waals surface area contributed by atoms with Crippen molar-refractivity contribution in [2.75, 3.05) is 24.7 Å². The van der Waals surface area contributed by atoms with E-state index in [9.17, 15) is 9.59 Å². The molecule has 0 aliphatic rings. The third kappa shape index (κ3) is 3.59. The van der Waals surface area contributed by atoms with E-state index in [4.69, 9.17) is 11.5 Å². The molecule has 0 saturated carbocycles. The number of carbonyl (C=O) groups excluding carboxylic acids is 2. The van der Waals surface area contributed by atoms with Crippen LogP contribution >= 0.6 is 11.5 Å². The van der Waals surface area contributed by atoms with Gasteiger partial charge in [0.15, 0.2) is 5.82 Å². The Balaban J connectivity index is 2.59. The van der Waals surface area contributed by atoms with E-state index >= 15 is 0 Å². The van der Waals surface area contributed by atoms with Crippen molar-refractivity contribution < 1.29 is 14.3 Å². The molecule has 5 N–H and O–H groups in total. The average Bonchev–Trinajstić information content (AvgIpc) is 2.65. The predicted octanol–water partition coefficient (Wildman–Crippen LogP) is 0.189. The minimum Gasteiger partial charge on any atom is -0.465 e. The Labute approximate surface area is 102 Å². The largest absolute Gasteiger partial charge is 0.465 e. The summed E-state index contributed by atoms with van der Waals surface area (Å²) in [5.41, 5.74) is 10.8. The third-order valence-electron chi connectivity index (χ3n) is 1.99. The molecule has 1 heterocycles. The third-order valence-corrected chi connectivity index (χ3v) is 2.81. The van der Waals surface area contributed by atoms with Crippen molar-refractivity contribution in [1.29, 1.82) is 0 Å². The lowest BCUT2D eigenvalue weighted by molar-refractivity contribution is -0.118. The Morgan fingerprint density at radius 3 is 2.82 bits per heavy atom. The molecule has 1 rings (SSSR count). The van der Waals surface area contributed by atoms with Crippen LogP contribution in [0.5, 0.6) is 0 Å². The lowest BCUT2D eigenvalue weighted by Crippen LogP contribution is -2.13. The zero-order valence-electron chi connectivity index (χ0n) is 9.36. The quantitative estimate of drug-likeness (QED) is 0.495. The second-order valence-corrected chi connectivity index (χ2v) is 4.03. The molecule has 0 atom stereocenters. The number of primary amides is 1. The van der Waals surface area contributed by atoms with E-state index in [1.807, 2.05) is 0 Å². The topological polar surface area (TPSA) is 120 Å². The number of nitrogen functional groups attached to an aromatic ring is 1. The van der Waals surface area contributed by atoms with Gasteiger partial charge in [-0.15, -0.1) is 0 Å². The number of hydrogen-bond acceptors (Lipinski definition) is 7. The number of nitrogens with zero attached hydrogens (tertiary/aromatic N) is 1. The molecule has 0 radical (unpaired) electrons. The standard InChI is InChI=1S/C9H14N4O3S/c1-16-9(15)6-7(11)13-17-8(6)12-4-2-3-5(10)14/h12H,2-4H2,1H3,(H2,10,14)(H2,11,13). The van der Waals surface area contributed by atoms with E-state index in [1.54, 1.807) is 0 Å². The van der Waals surface area contributed by atoms with Crippen molar-refractivity contribution in [1.82, 2.24) is 4.37 Å². The van der Waals surface area contributed by atoms with Gasteiger partial charge in [0.2, 0.25) is 5.91 Å². The van der Waals surface area contributed by atoms with Crippen LogP contribution in [0.25, 0.3) is 0 Å². The van der Waals surface area contributed by atoms with E-state index in [0.717, 1.165) is 11.5 Å². The summed E-state index contributed by atoms with van der Waals surface area (Å²) in [7, 11) is 1.27. The Kier molecular flexibility index (Phi) is 4.70. The molecule has 0 aliphatic heterocycles.